The summed E-state index contributed by atoms with van der Waals surface area (Å²) in [6, 6.07) is 0.0323. The maximum atomic E-state index is 11.1. The first-order valence-electron chi connectivity index (χ1n) is 6.08. The van der Waals surface area contributed by atoms with Gasteiger partial charge in [0.2, 0.25) is 11.8 Å². The molecule has 0 aliphatic rings. The third kappa shape index (κ3) is 3.75. The van der Waals surface area contributed by atoms with Crippen LogP contribution in [-0.4, -0.2) is 46.2 Å². The second-order valence-corrected chi connectivity index (χ2v) is 4.27. The molecule has 8 heteroatoms. The van der Waals surface area contributed by atoms with Gasteiger partial charge in [-0.05, 0) is 20.3 Å². The van der Waals surface area contributed by atoms with Crippen LogP contribution >= 0.6 is 0 Å². The van der Waals surface area contributed by atoms with Crippen LogP contribution in [0.15, 0.2) is 6.20 Å². The smallest absolute Gasteiger partial charge is 0.329 e. The van der Waals surface area contributed by atoms with Gasteiger partial charge in [0.1, 0.15) is 6.20 Å². The summed E-state index contributed by atoms with van der Waals surface area (Å²) in [5, 5.41) is 22.7. The molecular weight excluding hydrogens is 250 g/mol. The normalized spacial score (nSPS) is 10.6. The van der Waals surface area contributed by atoms with E-state index in [1.54, 1.807) is 11.9 Å². The lowest BCUT2D eigenvalue weighted by Gasteiger charge is -2.27. The van der Waals surface area contributed by atoms with Gasteiger partial charge >= 0.3 is 5.69 Å². The number of anilines is 2. The number of rotatable bonds is 7. The van der Waals surface area contributed by atoms with E-state index in [1.807, 2.05) is 13.8 Å². The molecule has 2 N–H and O–H groups in total. The number of aromatic nitrogens is 2. The maximum absolute atomic E-state index is 11.1. The molecule has 0 aromatic carbocycles. The fourth-order valence-electron chi connectivity index (χ4n) is 1.68. The van der Waals surface area contributed by atoms with Crippen molar-refractivity contribution < 1.29 is 10.0 Å². The number of aliphatic hydroxyl groups excluding tert-OH is 1. The van der Waals surface area contributed by atoms with Gasteiger partial charge < -0.3 is 15.3 Å². The lowest BCUT2D eigenvalue weighted by atomic mass is 10.2. The van der Waals surface area contributed by atoms with Crippen LogP contribution in [0.2, 0.25) is 0 Å². The van der Waals surface area contributed by atoms with E-state index < -0.39 is 4.92 Å². The number of nitro groups is 1. The summed E-state index contributed by atoms with van der Waals surface area (Å²) < 4.78 is 0. The highest BCUT2D eigenvalue weighted by Gasteiger charge is 2.24. The molecule has 0 bridgehead atoms. The van der Waals surface area contributed by atoms with Crippen molar-refractivity contribution in [1.29, 1.82) is 0 Å². The monoisotopic (exact) mass is 269 g/mol. The highest BCUT2D eigenvalue weighted by Crippen LogP contribution is 2.27. The minimum absolute atomic E-state index is 0.0288. The highest BCUT2D eigenvalue weighted by atomic mass is 16.6. The first-order valence-corrected chi connectivity index (χ1v) is 6.08. The van der Waals surface area contributed by atoms with E-state index in [2.05, 4.69) is 15.3 Å². The molecular formula is C11H19N5O3. The molecule has 0 fully saturated rings. The predicted octanol–water partition coefficient (Wildman–Crippen LogP) is 1.02. The molecule has 0 spiro atoms. The van der Waals surface area contributed by atoms with Crippen LogP contribution in [-0.2, 0) is 0 Å². The molecule has 1 aromatic rings. The van der Waals surface area contributed by atoms with Crippen LogP contribution in [0.1, 0.15) is 20.3 Å². The number of nitrogens with one attached hydrogen (secondary N) is 1. The maximum Gasteiger partial charge on any atom is 0.329 e. The van der Waals surface area contributed by atoms with E-state index in [9.17, 15) is 10.1 Å². The van der Waals surface area contributed by atoms with Gasteiger partial charge in [0.05, 0.1) is 4.92 Å². The zero-order valence-corrected chi connectivity index (χ0v) is 11.3. The summed E-state index contributed by atoms with van der Waals surface area (Å²) in [5.74, 6) is 0.600. The first-order chi connectivity index (χ1) is 9.01. The van der Waals surface area contributed by atoms with Gasteiger partial charge in [-0.3, -0.25) is 10.1 Å². The van der Waals surface area contributed by atoms with Crippen molar-refractivity contribution in [2.45, 2.75) is 26.3 Å². The Hall–Kier alpha value is -1.96. The van der Waals surface area contributed by atoms with Gasteiger partial charge in [-0.1, -0.05) is 0 Å². The van der Waals surface area contributed by atoms with Crippen LogP contribution in [0.4, 0.5) is 17.5 Å². The molecule has 0 unspecified atom stereocenters. The summed E-state index contributed by atoms with van der Waals surface area (Å²) in [6.07, 6.45) is 1.72. The molecule has 19 heavy (non-hydrogen) atoms. The summed E-state index contributed by atoms with van der Waals surface area (Å²) in [5.41, 5.74) is -0.134. The van der Waals surface area contributed by atoms with Crippen molar-refractivity contribution in [3.8, 4) is 0 Å². The van der Waals surface area contributed by atoms with Crippen molar-refractivity contribution in [3.63, 3.8) is 0 Å². The largest absolute Gasteiger partial charge is 0.396 e. The van der Waals surface area contributed by atoms with E-state index in [1.165, 1.54) is 6.20 Å². The van der Waals surface area contributed by atoms with Crippen molar-refractivity contribution in [2.75, 3.05) is 30.4 Å². The molecule has 0 saturated heterocycles. The second-order valence-electron chi connectivity index (χ2n) is 4.27. The standard InChI is InChI=1S/C11H19N5O3/c1-8(2)15(5-4-6-17)10-9(16(18)19)7-13-11(12-3)14-10/h7-8,17H,4-6H2,1-3H3,(H,12,13,14). The Morgan fingerprint density at radius 3 is 2.74 bits per heavy atom. The summed E-state index contributed by atoms with van der Waals surface area (Å²) >= 11 is 0. The Kier molecular flexibility index (Phi) is 5.43. The van der Waals surface area contributed by atoms with Crippen LogP contribution in [0.25, 0.3) is 0 Å². The molecule has 0 atom stereocenters. The molecule has 8 nitrogen and oxygen atoms in total. The van der Waals surface area contributed by atoms with E-state index in [0.29, 0.717) is 18.9 Å². The summed E-state index contributed by atoms with van der Waals surface area (Å²) in [6.45, 7) is 4.36. The SMILES string of the molecule is CNc1ncc([N+](=O)[O-])c(N(CCCO)C(C)C)n1. The average Bonchev–Trinajstić information content (AvgIpc) is 2.38. The Bertz CT molecular complexity index is 438. The van der Waals surface area contributed by atoms with Crippen LogP contribution < -0.4 is 10.2 Å². The number of nitrogens with zero attached hydrogens (tertiary/aromatic N) is 4. The second kappa shape index (κ2) is 6.83. The number of hydrogen-bond donors (Lipinski definition) is 2. The molecule has 0 amide bonds. The van der Waals surface area contributed by atoms with Crippen molar-refractivity contribution in [2.24, 2.45) is 0 Å². The molecule has 0 aliphatic heterocycles. The number of aliphatic hydroxyl groups is 1. The fraction of sp³-hybridized carbons (Fsp3) is 0.636. The number of hydrogen-bond acceptors (Lipinski definition) is 7. The Morgan fingerprint density at radius 1 is 1.58 bits per heavy atom. The van der Waals surface area contributed by atoms with Gasteiger partial charge in [-0.2, -0.15) is 4.98 Å². The summed E-state index contributed by atoms with van der Waals surface area (Å²) in [7, 11) is 1.65. The molecule has 1 heterocycles. The lowest BCUT2D eigenvalue weighted by molar-refractivity contribution is -0.384. The highest BCUT2D eigenvalue weighted by molar-refractivity contribution is 5.59. The minimum Gasteiger partial charge on any atom is -0.396 e. The van der Waals surface area contributed by atoms with Gasteiger partial charge in [0, 0.05) is 26.2 Å². The quantitative estimate of drug-likeness (QED) is 0.562. The Labute approximate surface area is 111 Å². The molecule has 0 saturated carbocycles. The lowest BCUT2D eigenvalue weighted by Crippen LogP contribution is -2.33. The van der Waals surface area contributed by atoms with Crippen LogP contribution in [0.5, 0.6) is 0 Å². The zero-order chi connectivity index (χ0) is 14.4. The van der Waals surface area contributed by atoms with Gasteiger partial charge in [0.15, 0.2) is 0 Å². The third-order valence-electron chi connectivity index (χ3n) is 2.62. The van der Waals surface area contributed by atoms with Gasteiger partial charge in [-0.25, -0.2) is 4.98 Å². The molecule has 0 radical (unpaired) electrons. The Balaban J connectivity index is 3.20. The first kappa shape index (κ1) is 15.1. The minimum atomic E-state index is -0.497. The van der Waals surface area contributed by atoms with E-state index in [-0.39, 0.29) is 24.2 Å². The molecule has 1 rings (SSSR count). The Morgan fingerprint density at radius 2 is 2.26 bits per heavy atom. The fourth-order valence-corrected chi connectivity index (χ4v) is 1.68. The zero-order valence-electron chi connectivity index (χ0n) is 11.3. The molecule has 0 aliphatic carbocycles. The van der Waals surface area contributed by atoms with Crippen LogP contribution in [0.3, 0.4) is 0 Å². The topological polar surface area (TPSA) is 104 Å². The van der Waals surface area contributed by atoms with Crippen LogP contribution in [0, 0.1) is 10.1 Å². The van der Waals surface area contributed by atoms with Crippen molar-refractivity contribution in [1.82, 2.24) is 9.97 Å². The van der Waals surface area contributed by atoms with Gasteiger partial charge in [-0.15, -0.1) is 0 Å². The van der Waals surface area contributed by atoms with Crippen molar-refractivity contribution in [3.05, 3.63) is 16.3 Å². The molecule has 1 aromatic heterocycles. The van der Waals surface area contributed by atoms with E-state index in [0.717, 1.165) is 0 Å². The van der Waals surface area contributed by atoms with E-state index >= 15 is 0 Å². The third-order valence-corrected chi connectivity index (χ3v) is 2.62. The predicted molar refractivity (Wildman–Crippen MR) is 72.4 cm³/mol. The summed E-state index contributed by atoms with van der Waals surface area (Å²) in [4.78, 5) is 20.4. The average molecular weight is 269 g/mol. The van der Waals surface area contributed by atoms with E-state index in [4.69, 9.17) is 5.11 Å². The van der Waals surface area contributed by atoms with Gasteiger partial charge in [0.25, 0.3) is 0 Å². The molecule has 106 valence electrons. The van der Waals surface area contributed by atoms with Crippen molar-refractivity contribution >= 4 is 17.5 Å².